The second kappa shape index (κ2) is 9.65. The van der Waals surface area contributed by atoms with Crippen molar-refractivity contribution in [1.29, 1.82) is 0 Å². The van der Waals surface area contributed by atoms with Crippen molar-refractivity contribution in [3.8, 4) is 0 Å². The van der Waals surface area contributed by atoms with Crippen LogP contribution in [0.1, 0.15) is 34.0 Å². The van der Waals surface area contributed by atoms with E-state index in [0.717, 1.165) is 21.7 Å². The molecule has 30 heavy (non-hydrogen) atoms. The van der Waals surface area contributed by atoms with Gasteiger partial charge in [0.1, 0.15) is 5.01 Å². The van der Waals surface area contributed by atoms with Crippen LogP contribution in [0.4, 0.5) is 5.13 Å². The van der Waals surface area contributed by atoms with Crippen LogP contribution >= 0.6 is 22.9 Å². The van der Waals surface area contributed by atoms with Crippen LogP contribution in [0.5, 0.6) is 0 Å². The first-order chi connectivity index (χ1) is 14.7. The zero-order valence-corrected chi connectivity index (χ0v) is 17.7. The Morgan fingerprint density at radius 1 is 0.867 bits per heavy atom. The number of carbonyl (C=O) groups excluding carboxylic acids is 1. The first-order valence-electron chi connectivity index (χ1n) is 9.64. The molecule has 3 aromatic carbocycles. The van der Waals surface area contributed by atoms with Crippen molar-refractivity contribution >= 4 is 34.0 Å². The average Bonchev–Trinajstić information content (AvgIpc) is 3.21. The lowest BCUT2D eigenvalue weighted by molar-refractivity contribution is -0.116. The lowest BCUT2D eigenvalue weighted by atomic mass is 9.88. The van der Waals surface area contributed by atoms with Crippen molar-refractivity contribution < 1.29 is 4.79 Å². The minimum Gasteiger partial charge on any atom is -0.300 e. The fourth-order valence-electron chi connectivity index (χ4n) is 3.31. The number of anilines is 1. The van der Waals surface area contributed by atoms with E-state index in [4.69, 9.17) is 11.6 Å². The van der Waals surface area contributed by atoms with Gasteiger partial charge in [-0.3, -0.25) is 4.79 Å². The number of hydrogen-bond acceptors (Lipinski definition) is 4. The van der Waals surface area contributed by atoms with Crippen LogP contribution in [0.2, 0.25) is 5.02 Å². The molecule has 6 heteroatoms. The third kappa shape index (κ3) is 5.32. The smallest absolute Gasteiger partial charge is 0.227 e. The molecule has 0 aliphatic rings. The molecule has 0 saturated heterocycles. The summed E-state index contributed by atoms with van der Waals surface area (Å²) in [6.07, 6.45) is 0.988. The maximum atomic E-state index is 12.8. The molecule has 1 heterocycles. The fourth-order valence-corrected chi connectivity index (χ4v) is 4.22. The van der Waals surface area contributed by atoms with Crippen molar-refractivity contribution in [2.24, 2.45) is 0 Å². The highest BCUT2D eigenvalue weighted by Crippen LogP contribution is 2.29. The third-order valence-corrected chi connectivity index (χ3v) is 5.87. The van der Waals surface area contributed by atoms with Gasteiger partial charge in [-0.1, -0.05) is 95.7 Å². The molecule has 4 nitrogen and oxygen atoms in total. The predicted octanol–water partition coefficient (Wildman–Crippen LogP) is 5.94. The largest absolute Gasteiger partial charge is 0.300 e. The topological polar surface area (TPSA) is 54.9 Å². The van der Waals surface area contributed by atoms with Gasteiger partial charge in [-0.25, -0.2) is 0 Å². The molecule has 0 radical (unpaired) electrons. The molecule has 0 spiro atoms. The Morgan fingerprint density at radius 2 is 1.47 bits per heavy atom. The second-order valence-electron chi connectivity index (χ2n) is 6.93. The minimum atomic E-state index is -0.0816. The van der Waals surface area contributed by atoms with Gasteiger partial charge < -0.3 is 5.32 Å². The van der Waals surface area contributed by atoms with E-state index in [9.17, 15) is 4.79 Å². The van der Waals surface area contributed by atoms with Gasteiger partial charge in [-0.2, -0.15) is 0 Å². The zero-order valence-electron chi connectivity index (χ0n) is 16.2. The number of amides is 1. The minimum absolute atomic E-state index is 0.0196. The highest BCUT2D eigenvalue weighted by Gasteiger charge is 2.19. The maximum absolute atomic E-state index is 12.8. The molecule has 0 aliphatic carbocycles. The Labute approximate surface area is 184 Å². The molecule has 1 amide bonds. The Bertz CT molecular complexity index is 1060. The number of rotatable bonds is 7. The molecule has 4 rings (SSSR count). The molecule has 1 aromatic heterocycles. The molecular formula is C24H20ClN3OS. The zero-order chi connectivity index (χ0) is 20.8. The number of nitrogens with zero attached hydrogens (tertiary/aromatic N) is 2. The monoisotopic (exact) mass is 433 g/mol. The van der Waals surface area contributed by atoms with E-state index in [-0.39, 0.29) is 11.8 Å². The first-order valence-corrected chi connectivity index (χ1v) is 10.8. The summed E-state index contributed by atoms with van der Waals surface area (Å²) in [5.74, 6) is -0.101. The van der Waals surface area contributed by atoms with Gasteiger partial charge in [0.25, 0.3) is 0 Å². The Hall–Kier alpha value is -3.02. The Morgan fingerprint density at radius 3 is 2.07 bits per heavy atom. The van der Waals surface area contributed by atoms with Gasteiger partial charge in [0, 0.05) is 23.8 Å². The summed E-state index contributed by atoms with van der Waals surface area (Å²) >= 11 is 7.32. The quantitative estimate of drug-likeness (QED) is 0.392. The van der Waals surface area contributed by atoms with Crippen LogP contribution in [0.15, 0.2) is 84.9 Å². The molecule has 150 valence electrons. The molecule has 1 N–H and O–H groups in total. The molecule has 0 fully saturated rings. The standard InChI is InChI=1S/C24H20ClN3OS/c25-20-13-11-17(12-14-20)15-23-27-28-24(30-23)26-22(29)16-21(18-7-3-1-4-8-18)19-9-5-2-6-10-19/h1-14,21H,15-16H2,(H,26,28,29). The number of hydrogen-bond donors (Lipinski definition) is 1. The van der Waals surface area contributed by atoms with Crippen molar-refractivity contribution in [2.75, 3.05) is 5.32 Å². The van der Waals surface area contributed by atoms with E-state index in [2.05, 4.69) is 39.8 Å². The van der Waals surface area contributed by atoms with E-state index in [1.54, 1.807) is 0 Å². The predicted molar refractivity (Wildman–Crippen MR) is 122 cm³/mol. The molecule has 0 atom stereocenters. The van der Waals surface area contributed by atoms with Gasteiger partial charge >= 0.3 is 0 Å². The van der Waals surface area contributed by atoms with E-state index in [0.29, 0.717) is 23.0 Å². The first kappa shape index (κ1) is 20.3. The Kier molecular flexibility index (Phi) is 6.52. The summed E-state index contributed by atoms with van der Waals surface area (Å²) < 4.78 is 0. The van der Waals surface area contributed by atoms with Crippen LogP contribution in [-0.4, -0.2) is 16.1 Å². The SMILES string of the molecule is O=C(CC(c1ccccc1)c1ccccc1)Nc1nnc(Cc2ccc(Cl)cc2)s1. The summed E-state index contributed by atoms with van der Waals surface area (Å²) in [4.78, 5) is 12.8. The second-order valence-corrected chi connectivity index (χ2v) is 8.43. The van der Waals surface area contributed by atoms with Crippen LogP contribution in [0.3, 0.4) is 0 Å². The molecule has 0 aliphatic heterocycles. The normalized spacial score (nSPS) is 10.9. The van der Waals surface area contributed by atoms with Gasteiger partial charge in [0.2, 0.25) is 11.0 Å². The molecule has 0 unspecified atom stereocenters. The number of nitrogens with one attached hydrogen (secondary N) is 1. The Balaban J connectivity index is 1.44. The molecule has 0 saturated carbocycles. The van der Waals surface area contributed by atoms with Crippen LogP contribution in [0.25, 0.3) is 0 Å². The van der Waals surface area contributed by atoms with E-state index < -0.39 is 0 Å². The summed E-state index contributed by atoms with van der Waals surface area (Å²) in [5.41, 5.74) is 3.32. The lowest BCUT2D eigenvalue weighted by Crippen LogP contribution is -2.16. The highest BCUT2D eigenvalue weighted by atomic mass is 35.5. The van der Waals surface area contributed by atoms with Crippen molar-refractivity contribution in [1.82, 2.24) is 10.2 Å². The summed E-state index contributed by atoms with van der Waals surface area (Å²) in [5, 5.41) is 13.3. The van der Waals surface area contributed by atoms with Gasteiger partial charge in [-0.15, -0.1) is 10.2 Å². The fraction of sp³-hybridized carbons (Fsp3) is 0.125. The maximum Gasteiger partial charge on any atom is 0.227 e. The van der Waals surface area contributed by atoms with Gasteiger partial charge in [0.05, 0.1) is 0 Å². The summed E-state index contributed by atoms with van der Waals surface area (Å²) in [6, 6.07) is 27.8. The number of carbonyl (C=O) groups is 1. The van der Waals surface area contributed by atoms with Crippen LogP contribution in [0, 0.1) is 0 Å². The van der Waals surface area contributed by atoms with Crippen molar-refractivity contribution in [3.05, 3.63) is 112 Å². The van der Waals surface area contributed by atoms with E-state index >= 15 is 0 Å². The highest BCUT2D eigenvalue weighted by molar-refractivity contribution is 7.15. The molecular weight excluding hydrogens is 414 g/mol. The number of aromatic nitrogens is 2. The van der Waals surface area contributed by atoms with Crippen LogP contribution in [-0.2, 0) is 11.2 Å². The number of halogens is 1. The molecule has 0 bridgehead atoms. The average molecular weight is 434 g/mol. The van der Waals surface area contributed by atoms with Gasteiger partial charge in [0.15, 0.2) is 0 Å². The third-order valence-electron chi connectivity index (χ3n) is 4.78. The summed E-state index contributed by atoms with van der Waals surface area (Å²) in [6.45, 7) is 0. The summed E-state index contributed by atoms with van der Waals surface area (Å²) in [7, 11) is 0. The lowest BCUT2D eigenvalue weighted by Gasteiger charge is -2.17. The number of benzene rings is 3. The van der Waals surface area contributed by atoms with Crippen molar-refractivity contribution in [3.63, 3.8) is 0 Å². The molecule has 4 aromatic rings. The van der Waals surface area contributed by atoms with E-state index in [1.165, 1.54) is 11.3 Å². The van der Waals surface area contributed by atoms with Gasteiger partial charge in [-0.05, 0) is 28.8 Å². The van der Waals surface area contributed by atoms with Crippen molar-refractivity contribution in [2.45, 2.75) is 18.8 Å². The van der Waals surface area contributed by atoms with Crippen LogP contribution < -0.4 is 5.32 Å². The van der Waals surface area contributed by atoms with E-state index in [1.807, 2.05) is 60.7 Å².